The van der Waals surface area contributed by atoms with E-state index in [1.807, 2.05) is 31.2 Å². The molecule has 0 fully saturated rings. The van der Waals surface area contributed by atoms with Crippen LogP contribution in [0.25, 0.3) is 0 Å². The summed E-state index contributed by atoms with van der Waals surface area (Å²) in [6.07, 6.45) is 0.526. The van der Waals surface area contributed by atoms with Crippen LogP contribution in [0.4, 0.5) is 5.69 Å². The smallest absolute Gasteiger partial charge is 0.164 e. The van der Waals surface area contributed by atoms with Gasteiger partial charge in [-0.05, 0) is 12.1 Å². The summed E-state index contributed by atoms with van der Waals surface area (Å²) < 4.78 is 0. The molecule has 2 rings (SSSR count). The lowest BCUT2D eigenvalue weighted by atomic mass is 10.1. The lowest BCUT2D eigenvalue weighted by Crippen LogP contribution is -2.26. The Morgan fingerprint density at radius 2 is 2.29 bits per heavy atom. The number of benzene rings is 1. The van der Waals surface area contributed by atoms with Crippen LogP contribution >= 0.6 is 0 Å². The topological polar surface area (TPSA) is 53.5 Å². The van der Waals surface area contributed by atoms with E-state index < -0.39 is 0 Å². The molecule has 0 amide bonds. The first-order chi connectivity index (χ1) is 8.31. The van der Waals surface area contributed by atoms with E-state index in [4.69, 9.17) is 0 Å². The number of hydrogen-bond acceptors (Lipinski definition) is 4. The first-order valence-corrected chi connectivity index (χ1v) is 5.94. The maximum absolute atomic E-state index is 11.7. The molecule has 1 aliphatic rings. The van der Waals surface area contributed by atoms with Gasteiger partial charge in [0.1, 0.15) is 5.84 Å². The first kappa shape index (κ1) is 11.6. The Labute approximate surface area is 101 Å². The minimum Gasteiger partial charge on any atom is -0.377 e. The molecule has 1 aromatic rings. The summed E-state index contributed by atoms with van der Waals surface area (Å²) in [6.45, 7) is 4.27. The average Bonchev–Trinajstić information content (AvgIpc) is 2.89. The number of carbonyl (C=O) groups is 1. The van der Waals surface area contributed by atoms with Gasteiger partial charge < -0.3 is 10.6 Å². The van der Waals surface area contributed by atoms with Gasteiger partial charge in [-0.15, -0.1) is 0 Å². The van der Waals surface area contributed by atoms with E-state index in [-0.39, 0.29) is 5.78 Å². The van der Waals surface area contributed by atoms with Crippen LogP contribution in [0.2, 0.25) is 0 Å². The average molecular weight is 231 g/mol. The lowest BCUT2D eigenvalue weighted by molar-refractivity contribution is 0.0989. The fraction of sp³-hybridized carbons (Fsp3) is 0.385. The van der Waals surface area contributed by atoms with E-state index in [0.29, 0.717) is 13.0 Å². The highest BCUT2D eigenvalue weighted by Crippen LogP contribution is 2.16. The molecule has 4 heteroatoms. The molecule has 1 heterocycles. The summed E-state index contributed by atoms with van der Waals surface area (Å²) in [4.78, 5) is 16.0. The largest absolute Gasteiger partial charge is 0.377 e. The van der Waals surface area contributed by atoms with Crippen molar-refractivity contribution in [2.45, 2.75) is 13.3 Å². The van der Waals surface area contributed by atoms with Gasteiger partial charge in [-0.3, -0.25) is 9.79 Å². The number of rotatable bonds is 5. The summed E-state index contributed by atoms with van der Waals surface area (Å²) in [5, 5.41) is 6.45. The molecule has 0 bridgehead atoms. The quantitative estimate of drug-likeness (QED) is 0.758. The Morgan fingerprint density at radius 1 is 1.47 bits per heavy atom. The van der Waals surface area contributed by atoms with Crippen molar-refractivity contribution in [1.82, 2.24) is 5.32 Å². The number of nitrogens with zero attached hydrogens (tertiary/aromatic N) is 1. The van der Waals surface area contributed by atoms with E-state index in [0.717, 1.165) is 30.2 Å². The van der Waals surface area contributed by atoms with Crippen LogP contribution in [0.15, 0.2) is 29.3 Å². The van der Waals surface area contributed by atoms with Crippen LogP contribution in [-0.2, 0) is 0 Å². The van der Waals surface area contributed by atoms with Gasteiger partial charge in [0.2, 0.25) is 0 Å². The number of nitrogens with one attached hydrogen (secondary N) is 2. The molecule has 0 radical (unpaired) electrons. The predicted molar refractivity (Wildman–Crippen MR) is 69.9 cm³/mol. The van der Waals surface area contributed by atoms with Crippen molar-refractivity contribution >= 4 is 17.3 Å². The molecule has 2 N–H and O–H groups in total. The minimum absolute atomic E-state index is 0.161. The zero-order valence-electron chi connectivity index (χ0n) is 9.99. The Balaban J connectivity index is 2.06. The van der Waals surface area contributed by atoms with Crippen LogP contribution in [0.1, 0.15) is 23.7 Å². The Morgan fingerprint density at radius 3 is 3.00 bits per heavy atom. The normalized spacial score (nSPS) is 14.1. The number of carbonyl (C=O) groups excluding carboxylic acids is 1. The molecule has 1 aromatic carbocycles. The van der Waals surface area contributed by atoms with Crippen molar-refractivity contribution in [3.8, 4) is 0 Å². The van der Waals surface area contributed by atoms with Gasteiger partial charge in [-0.1, -0.05) is 19.1 Å². The molecule has 0 saturated heterocycles. The van der Waals surface area contributed by atoms with E-state index in [1.54, 1.807) is 0 Å². The van der Waals surface area contributed by atoms with Gasteiger partial charge in [0, 0.05) is 24.2 Å². The standard InChI is InChI=1S/C13H17N3O/c1-2-12(17)10-5-3-4-6-11(10)16-9-13-14-7-8-15-13/h3-6,16H,2,7-9H2,1H3,(H,14,15). The molecule has 0 aliphatic carbocycles. The number of para-hydroxylation sites is 1. The highest BCUT2D eigenvalue weighted by Gasteiger charge is 2.10. The monoisotopic (exact) mass is 231 g/mol. The number of anilines is 1. The van der Waals surface area contributed by atoms with E-state index >= 15 is 0 Å². The van der Waals surface area contributed by atoms with Crippen molar-refractivity contribution in [2.75, 3.05) is 25.0 Å². The van der Waals surface area contributed by atoms with Crippen LogP contribution in [0.3, 0.4) is 0 Å². The lowest BCUT2D eigenvalue weighted by Gasteiger charge is -2.10. The van der Waals surface area contributed by atoms with Gasteiger partial charge in [-0.25, -0.2) is 0 Å². The number of aliphatic imine (C=N–C) groups is 1. The molecular weight excluding hydrogens is 214 g/mol. The Bertz CT molecular complexity index is 440. The summed E-state index contributed by atoms with van der Waals surface area (Å²) in [5.41, 5.74) is 1.64. The van der Waals surface area contributed by atoms with Gasteiger partial charge in [0.05, 0.1) is 13.1 Å². The molecule has 0 aromatic heterocycles. The summed E-state index contributed by atoms with van der Waals surface area (Å²) in [6, 6.07) is 7.61. The molecule has 17 heavy (non-hydrogen) atoms. The predicted octanol–water partition coefficient (Wildman–Crippen LogP) is 1.69. The van der Waals surface area contributed by atoms with Crippen molar-refractivity contribution < 1.29 is 4.79 Å². The molecule has 90 valence electrons. The highest BCUT2D eigenvalue weighted by molar-refractivity contribution is 6.01. The second kappa shape index (κ2) is 5.48. The fourth-order valence-electron chi connectivity index (χ4n) is 1.82. The maximum Gasteiger partial charge on any atom is 0.164 e. The summed E-state index contributed by atoms with van der Waals surface area (Å²) >= 11 is 0. The van der Waals surface area contributed by atoms with Gasteiger partial charge in [-0.2, -0.15) is 0 Å². The molecule has 0 saturated carbocycles. The number of amidine groups is 1. The van der Waals surface area contributed by atoms with Gasteiger partial charge in [0.15, 0.2) is 5.78 Å². The third kappa shape index (κ3) is 2.84. The fourth-order valence-corrected chi connectivity index (χ4v) is 1.82. The highest BCUT2D eigenvalue weighted by atomic mass is 16.1. The molecule has 1 aliphatic heterocycles. The zero-order chi connectivity index (χ0) is 12.1. The Kier molecular flexibility index (Phi) is 3.75. The van der Waals surface area contributed by atoms with Crippen molar-refractivity contribution in [2.24, 2.45) is 4.99 Å². The van der Waals surface area contributed by atoms with Crippen molar-refractivity contribution in [3.63, 3.8) is 0 Å². The minimum atomic E-state index is 0.161. The summed E-state index contributed by atoms with van der Waals surface area (Å²) in [5.74, 6) is 1.12. The number of ketones is 1. The maximum atomic E-state index is 11.7. The van der Waals surface area contributed by atoms with Crippen LogP contribution < -0.4 is 10.6 Å². The Hall–Kier alpha value is -1.84. The molecule has 4 nitrogen and oxygen atoms in total. The van der Waals surface area contributed by atoms with E-state index in [9.17, 15) is 4.79 Å². The van der Waals surface area contributed by atoms with Crippen molar-refractivity contribution in [1.29, 1.82) is 0 Å². The number of hydrogen-bond donors (Lipinski definition) is 2. The van der Waals surface area contributed by atoms with E-state index in [1.165, 1.54) is 0 Å². The van der Waals surface area contributed by atoms with E-state index in [2.05, 4.69) is 15.6 Å². The second-order valence-corrected chi connectivity index (χ2v) is 3.93. The van der Waals surface area contributed by atoms with Gasteiger partial charge >= 0.3 is 0 Å². The molecular formula is C13H17N3O. The van der Waals surface area contributed by atoms with Crippen LogP contribution in [0.5, 0.6) is 0 Å². The SMILES string of the molecule is CCC(=O)c1ccccc1NCC1=NCCN1. The first-order valence-electron chi connectivity index (χ1n) is 5.94. The summed E-state index contributed by atoms with van der Waals surface area (Å²) in [7, 11) is 0. The molecule has 0 spiro atoms. The van der Waals surface area contributed by atoms with Crippen LogP contribution in [-0.4, -0.2) is 31.3 Å². The van der Waals surface area contributed by atoms with Gasteiger partial charge in [0.25, 0.3) is 0 Å². The zero-order valence-corrected chi connectivity index (χ0v) is 9.99. The second-order valence-electron chi connectivity index (χ2n) is 3.93. The third-order valence-corrected chi connectivity index (χ3v) is 2.74. The molecule has 0 atom stereocenters. The van der Waals surface area contributed by atoms with Crippen LogP contribution in [0, 0.1) is 0 Å². The van der Waals surface area contributed by atoms with Crippen molar-refractivity contribution in [3.05, 3.63) is 29.8 Å². The number of Topliss-reactive ketones (excluding diaryl/α,β-unsaturated/α-hetero) is 1. The molecule has 0 unspecified atom stereocenters. The third-order valence-electron chi connectivity index (χ3n) is 2.74.